The number of hydrogen-bond acceptors (Lipinski definition) is 2. The summed E-state index contributed by atoms with van der Waals surface area (Å²) in [5, 5.41) is 0.684. The molecule has 0 aliphatic rings. The lowest BCUT2D eigenvalue weighted by Gasteiger charge is -2.27. The Hall–Kier alpha value is -1.06. The molecule has 0 heterocycles. The van der Waals surface area contributed by atoms with Crippen molar-refractivity contribution < 1.29 is 4.79 Å². The van der Waals surface area contributed by atoms with Gasteiger partial charge in [-0.1, -0.05) is 37.6 Å². The molecule has 0 bridgehead atoms. The van der Waals surface area contributed by atoms with Crippen molar-refractivity contribution in [2.24, 2.45) is 11.7 Å². The summed E-state index contributed by atoms with van der Waals surface area (Å²) < 4.78 is 0. The summed E-state index contributed by atoms with van der Waals surface area (Å²) in [6, 6.07) is 7.48. The Morgan fingerprint density at radius 2 is 2.00 bits per heavy atom. The molecular formula is C15H23ClN2O. The van der Waals surface area contributed by atoms with Crippen LogP contribution in [0.5, 0.6) is 0 Å². The molecule has 4 heteroatoms. The van der Waals surface area contributed by atoms with Crippen molar-refractivity contribution in [1.29, 1.82) is 0 Å². The van der Waals surface area contributed by atoms with E-state index in [1.165, 1.54) is 0 Å². The van der Waals surface area contributed by atoms with Crippen LogP contribution in [0.4, 0.5) is 0 Å². The molecule has 0 aliphatic heterocycles. The highest BCUT2D eigenvalue weighted by atomic mass is 35.5. The van der Waals surface area contributed by atoms with Crippen molar-refractivity contribution in [3.8, 4) is 0 Å². The molecule has 1 aromatic carbocycles. The van der Waals surface area contributed by atoms with E-state index in [-0.39, 0.29) is 18.0 Å². The predicted octanol–water partition coefficient (Wildman–Crippen LogP) is 3.23. The van der Waals surface area contributed by atoms with Crippen LogP contribution in [0.3, 0.4) is 0 Å². The average Bonchev–Trinajstić information content (AvgIpc) is 2.36. The minimum atomic E-state index is -0.0958. The van der Waals surface area contributed by atoms with Gasteiger partial charge in [0.2, 0.25) is 5.91 Å². The number of nitrogens with zero attached hydrogens (tertiary/aromatic N) is 1. The Morgan fingerprint density at radius 1 is 1.37 bits per heavy atom. The van der Waals surface area contributed by atoms with Gasteiger partial charge in [-0.15, -0.1) is 0 Å². The van der Waals surface area contributed by atoms with Crippen LogP contribution in [0.15, 0.2) is 24.3 Å². The summed E-state index contributed by atoms with van der Waals surface area (Å²) in [4.78, 5) is 13.9. The Bertz CT molecular complexity index is 434. The molecule has 1 rings (SSSR count). The van der Waals surface area contributed by atoms with Crippen LogP contribution in [-0.2, 0) is 4.79 Å². The third-order valence-corrected chi connectivity index (χ3v) is 3.81. The SMILES string of the molecule is CC(C)C(N)CC(=O)N(C)C(C)c1cccc(Cl)c1. The van der Waals surface area contributed by atoms with E-state index in [1.807, 2.05) is 45.0 Å². The maximum atomic E-state index is 12.2. The molecule has 1 aromatic rings. The lowest BCUT2D eigenvalue weighted by Crippen LogP contribution is -2.37. The summed E-state index contributed by atoms with van der Waals surface area (Å²) in [7, 11) is 1.81. The van der Waals surface area contributed by atoms with Crippen LogP contribution < -0.4 is 5.73 Å². The molecule has 2 unspecified atom stereocenters. The maximum Gasteiger partial charge on any atom is 0.224 e. The Balaban J connectivity index is 2.71. The lowest BCUT2D eigenvalue weighted by atomic mass is 10.0. The van der Waals surface area contributed by atoms with E-state index in [0.717, 1.165) is 5.56 Å². The van der Waals surface area contributed by atoms with Crippen LogP contribution in [-0.4, -0.2) is 23.9 Å². The van der Waals surface area contributed by atoms with Gasteiger partial charge >= 0.3 is 0 Å². The zero-order valence-corrected chi connectivity index (χ0v) is 12.8. The number of nitrogens with two attached hydrogens (primary N) is 1. The highest BCUT2D eigenvalue weighted by Crippen LogP contribution is 2.22. The van der Waals surface area contributed by atoms with Crippen molar-refractivity contribution in [3.05, 3.63) is 34.9 Å². The molecule has 3 nitrogen and oxygen atoms in total. The van der Waals surface area contributed by atoms with Gasteiger partial charge in [-0.05, 0) is 30.5 Å². The first-order valence-corrected chi connectivity index (χ1v) is 6.97. The van der Waals surface area contributed by atoms with Crippen molar-refractivity contribution in [2.75, 3.05) is 7.05 Å². The van der Waals surface area contributed by atoms with Crippen LogP contribution in [0.2, 0.25) is 5.02 Å². The summed E-state index contributed by atoms with van der Waals surface area (Å²) in [6.45, 7) is 6.04. The first kappa shape index (κ1) is 16.0. The third kappa shape index (κ3) is 4.51. The van der Waals surface area contributed by atoms with E-state index >= 15 is 0 Å². The molecule has 0 spiro atoms. The van der Waals surface area contributed by atoms with Gasteiger partial charge in [0.1, 0.15) is 0 Å². The van der Waals surface area contributed by atoms with Crippen molar-refractivity contribution in [3.63, 3.8) is 0 Å². The molecule has 0 saturated heterocycles. The lowest BCUT2D eigenvalue weighted by molar-refractivity contribution is -0.132. The van der Waals surface area contributed by atoms with Gasteiger partial charge < -0.3 is 10.6 Å². The van der Waals surface area contributed by atoms with Gasteiger partial charge in [0.05, 0.1) is 6.04 Å². The molecule has 0 aromatic heterocycles. The highest BCUT2D eigenvalue weighted by Gasteiger charge is 2.20. The zero-order chi connectivity index (χ0) is 14.6. The second kappa shape index (κ2) is 6.92. The number of carbonyl (C=O) groups is 1. The van der Waals surface area contributed by atoms with Gasteiger partial charge in [0.15, 0.2) is 0 Å². The van der Waals surface area contributed by atoms with E-state index in [9.17, 15) is 4.79 Å². The molecule has 0 saturated carbocycles. The fourth-order valence-electron chi connectivity index (χ4n) is 1.79. The number of carbonyl (C=O) groups excluding carboxylic acids is 1. The molecule has 0 fully saturated rings. The largest absolute Gasteiger partial charge is 0.339 e. The molecule has 2 N–H and O–H groups in total. The molecule has 0 radical (unpaired) electrons. The third-order valence-electron chi connectivity index (χ3n) is 3.57. The standard InChI is InChI=1S/C15H23ClN2O/c1-10(2)14(17)9-15(19)18(4)11(3)12-6-5-7-13(16)8-12/h5-8,10-11,14H,9,17H2,1-4H3. The number of benzene rings is 1. The van der Waals surface area contributed by atoms with Crippen molar-refractivity contribution in [2.45, 2.75) is 39.3 Å². The van der Waals surface area contributed by atoms with Gasteiger partial charge in [0, 0.05) is 24.5 Å². The number of rotatable bonds is 5. The van der Waals surface area contributed by atoms with Gasteiger partial charge in [-0.25, -0.2) is 0 Å². The summed E-state index contributed by atoms with van der Waals surface area (Å²) in [5.41, 5.74) is 6.98. The molecule has 1 amide bonds. The van der Waals surface area contributed by atoms with Crippen LogP contribution >= 0.6 is 11.6 Å². The van der Waals surface area contributed by atoms with Gasteiger partial charge in [-0.2, -0.15) is 0 Å². The molecule has 2 atom stereocenters. The molecule has 106 valence electrons. The van der Waals surface area contributed by atoms with E-state index < -0.39 is 0 Å². The van der Waals surface area contributed by atoms with E-state index in [4.69, 9.17) is 17.3 Å². The molecular weight excluding hydrogens is 260 g/mol. The number of hydrogen-bond donors (Lipinski definition) is 1. The van der Waals surface area contributed by atoms with Crippen LogP contribution in [0.1, 0.15) is 38.8 Å². The number of amides is 1. The topological polar surface area (TPSA) is 46.3 Å². The normalized spacial score (nSPS) is 14.3. The van der Waals surface area contributed by atoms with E-state index in [0.29, 0.717) is 17.4 Å². The predicted molar refractivity (Wildman–Crippen MR) is 80.1 cm³/mol. The minimum absolute atomic E-state index is 0.00874. The quantitative estimate of drug-likeness (QED) is 0.901. The second-order valence-electron chi connectivity index (χ2n) is 5.35. The first-order chi connectivity index (χ1) is 8.82. The Kier molecular flexibility index (Phi) is 5.83. The van der Waals surface area contributed by atoms with Gasteiger partial charge in [-0.3, -0.25) is 4.79 Å². The van der Waals surface area contributed by atoms with Crippen molar-refractivity contribution in [1.82, 2.24) is 4.90 Å². The maximum absolute atomic E-state index is 12.2. The average molecular weight is 283 g/mol. The zero-order valence-electron chi connectivity index (χ0n) is 12.1. The smallest absolute Gasteiger partial charge is 0.224 e. The molecule has 19 heavy (non-hydrogen) atoms. The highest BCUT2D eigenvalue weighted by molar-refractivity contribution is 6.30. The fourth-order valence-corrected chi connectivity index (χ4v) is 1.99. The molecule has 0 aliphatic carbocycles. The van der Waals surface area contributed by atoms with E-state index in [1.54, 1.807) is 11.9 Å². The van der Waals surface area contributed by atoms with Gasteiger partial charge in [0.25, 0.3) is 0 Å². The minimum Gasteiger partial charge on any atom is -0.339 e. The first-order valence-electron chi connectivity index (χ1n) is 6.59. The summed E-state index contributed by atoms with van der Waals surface area (Å²) in [5.74, 6) is 0.368. The Morgan fingerprint density at radius 3 is 2.53 bits per heavy atom. The van der Waals surface area contributed by atoms with Crippen molar-refractivity contribution >= 4 is 17.5 Å². The summed E-state index contributed by atoms with van der Waals surface area (Å²) >= 11 is 5.98. The van der Waals surface area contributed by atoms with Crippen LogP contribution in [0.25, 0.3) is 0 Å². The van der Waals surface area contributed by atoms with Crippen LogP contribution in [0, 0.1) is 5.92 Å². The van der Waals surface area contributed by atoms with E-state index in [2.05, 4.69) is 0 Å². The summed E-state index contributed by atoms with van der Waals surface area (Å²) in [6.07, 6.45) is 0.374. The number of halogens is 1. The monoisotopic (exact) mass is 282 g/mol. The second-order valence-corrected chi connectivity index (χ2v) is 5.78. The fraction of sp³-hybridized carbons (Fsp3) is 0.533. The Labute approximate surface area is 120 Å².